The molecule has 0 amide bonds. The van der Waals surface area contributed by atoms with Gasteiger partial charge >= 0.3 is 5.97 Å². The van der Waals surface area contributed by atoms with Crippen LogP contribution >= 0.6 is 0 Å². The highest BCUT2D eigenvalue weighted by Crippen LogP contribution is 1.82. The van der Waals surface area contributed by atoms with Crippen LogP contribution in [0.3, 0.4) is 0 Å². The van der Waals surface area contributed by atoms with Gasteiger partial charge in [-0.15, -0.1) is 0 Å². The molecule has 0 bridgehead atoms. The summed E-state index contributed by atoms with van der Waals surface area (Å²) in [7, 11) is 0. The molecule has 0 aromatic rings. The first-order valence-electron chi connectivity index (χ1n) is 8.14. The summed E-state index contributed by atoms with van der Waals surface area (Å²) in [5.74, 6) is -5.34. The molecule has 15 heteroatoms. The number of hydrogen-bond donors (Lipinski definition) is 7. The predicted octanol–water partition coefficient (Wildman–Crippen LogP) is 0.477. The van der Waals surface area contributed by atoms with Crippen LogP contribution in [0.15, 0.2) is 0 Å². The molecule has 0 radical (unpaired) electrons. The largest absolute Gasteiger partial charge is 0.481 e. The fourth-order valence-corrected chi connectivity index (χ4v) is 0.324. The second-order valence-corrected chi connectivity index (χ2v) is 4.39. The molecule has 32 heavy (non-hydrogen) atoms. The highest BCUT2D eigenvalue weighted by atomic mass is 16.5. The van der Waals surface area contributed by atoms with Crippen LogP contribution in [0.4, 0.5) is 0 Å². The zero-order valence-corrected chi connectivity index (χ0v) is 19.0. The first-order valence-corrected chi connectivity index (χ1v) is 8.14. The summed E-state index contributed by atoms with van der Waals surface area (Å²) in [6, 6.07) is 0. The fourth-order valence-electron chi connectivity index (χ4n) is 0.324. The molecule has 0 saturated heterocycles. The zero-order valence-electron chi connectivity index (χ0n) is 19.0. The van der Waals surface area contributed by atoms with Gasteiger partial charge in [-0.05, 0) is 6.92 Å². The number of esters is 1. The molecule has 0 saturated carbocycles. The molecule has 0 heterocycles. The Labute approximate surface area is 184 Å². The number of rotatable bonds is 3. The second kappa shape index (κ2) is 41.6. The minimum atomic E-state index is -0.833. The van der Waals surface area contributed by atoms with Crippen LogP contribution in [0.5, 0.6) is 0 Å². The van der Waals surface area contributed by atoms with Crippen molar-refractivity contribution in [2.45, 2.75) is 54.9 Å². The van der Waals surface area contributed by atoms with E-state index in [9.17, 15) is 4.79 Å². The third-order valence-corrected chi connectivity index (χ3v) is 0.621. The molecule has 192 valence electrons. The monoisotopic (exact) mass is 478 g/mol. The van der Waals surface area contributed by atoms with Gasteiger partial charge in [0.1, 0.15) is 0 Å². The summed E-state index contributed by atoms with van der Waals surface area (Å²) in [6.07, 6.45) is 0.105. The molecule has 15 nitrogen and oxygen atoms in total. The maximum Gasteiger partial charge on any atom is 0.308 e. The Morgan fingerprint density at radius 2 is 0.688 bits per heavy atom. The van der Waals surface area contributed by atoms with E-state index in [2.05, 4.69) is 4.74 Å². The van der Waals surface area contributed by atoms with Gasteiger partial charge in [-0.3, -0.25) is 33.6 Å². The van der Waals surface area contributed by atoms with Crippen molar-refractivity contribution in [2.75, 3.05) is 13.2 Å². The smallest absolute Gasteiger partial charge is 0.308 e. The van der Waals surface area contributed by atoms with Crippen molar-refractivity contribution in [1.29, 1.82) is 0 Å². The van der Waals surface area contributed by atoms with Crippen molar-refractivity contribution < 1.29 is 74.0 Å². The first-order chi connectivity index (χ1) is 14.2. The van der Waals surface area contributed by atoms with E-state index in [0.29, 0.717) is 6.61 Å². The zero-order chi connectivity index (χ0) is 27.9. The van der Waals surface area contributed by atoms with Crippen LogP contribution in [0.2, 0.25) is 0 Å². The quantitative estimate of drug-likeness (QED) is 0.272. The van der Waals surface area contributed by atoms with E-state index < -0.39 is 35.8 Å². The number of carboxylic acids is 6. The van der Waals surface area contributed by atoms with E-state index in [1.165, 1.54) is 0 Å². The molecule has 0 fully saturated rings. The third-order valence-electron chi connectivity index (χ3n) is 0.621. The SMILES string of the molecule is CC(=O)O.CC(=O)O.CC(=O)O.CC(=O)O.CC(=O)O.CC(=O)O.CCOC(=O)CCO. The second-order valence-electron chi connectivity index (χ2n) is 4.39. The Bertz CT molecular complexity index is 387. The first kappa shape index (κ1) is 46.5. The lowest BCUT2D eigenvalue weighted by Gasteiger charge is -1.96. The molecule has 0 aromatic heterocycles. The van der Waals surface area contributed by atoms with Crippen molar-refractivity contribution in [2.24, 2.45) is 0 Å². The summed E-state index contributed by atoms with van der Waals surface area (Å²) in [4.78, 5) is 64.3. The lowest BCUT2D eigenvalue weighted by atomic mass is 10.5. The average molecular weight is 478 g/mol. The maximum atomic E-state index is 10.3. The number of ether oxygens (including phenoxy) is 1. The van der Waals surface area contributed by atoms with Crippen molar-refractivity contribution in [3.8, 4) is 0 Å². The molecular formula is C17H34O15. The molecule has 7 N–H and O–H groups in total. The van der Waals surface area contributed by atoms with Crippen molar-refractivity contribution >= 4 is 41.8 Å². The van der Waals surface area contributed by atoms with Gasteiger partial charge in [0.2, 0.25) is 0 Å². The molecule has 0 atom stereocenters. The number of aliphatic carboxylic acids is 6. The summed E-state index contributed by atoms with van der Waals surface area (Å²) in [6.45, 7) is 8.49. The normalized spacial score (nSPS) is 6.88. The van der Waals surface area contributed by atoms with Crippen LogP contribution in [0.1, 0.15) is 54.9 Å². The number of hydrogen-bond acceptors (Lipinski definition) is 9. The lowest BCUT2D eigenvalue weighted by molar-refractivity contribution is -0.144. The van der Waals surface area contributed by atoms with Crippen LogP contribution < -0.4 is 0 Å². The Hall–Kier alpha value is -3.75. The van der Waals surface area contributed by atoms with E-state index in [-0.39, 0.29) is 19.0 Å². The summed E-state index contributed by atoms with van der Waals surface area (Å²) >= 11 is 0. The van der Waals surface area contributed by atoms with E-state index in [1.807, 2.05) is 0 Å². The highest BCUT2D eigenvalue weighted by molar-refractivity contribution is 5.69. The predicted molar refractivity (Wildman–Crippen MR) is 108 cm³/mol. The molecule has 0 aliphatic rings. The van der Waals surface area contributed by atoms with Crippen molar-refractivity contribution in [1.82, 2.24) is 0 Å². The summed E-state index contributed by atoms with van der Waals surface area (Å²) in [5, 5.41) is 52.7. The molecule has 0 aliphatic carbocycles. The van der Waals surface area contributed by atoms with Gasteiger partial charge in [-0.25, -0.2) is 0 Å². The van der Waals surface area contributed by atoms with E-state index in [0.717, 1.165) is 41.5 Å². The Morgan fingerprint density at radius 1 is 0.531 bits per heavy atom. The summed E-state index contributed by atoms with van der Waals surface area (Å²) < 4.78 is 4.48. The highest BCUT2D eigenvalue weighted by Gasteiger charge is 1.96. The third kappa shape index (κ3) is 3310. The minimum absolute atomic E-state index is 0.105. The molecule has 0 rings (SSSR count). The topological polar surface area (TPSA) is 270 Å². The maximum absolute atomic E-state index is 10.3. The Kier molecular flexibility index (Phi) is 60.4. The van der Waals surface area contributed by atoms with Crippen molar-refractivity contribution in [3.05, 3.63) is 0 Å². The van der Waals surface area contributed by atoms with Gasteiger partial charge < -0.3 is 40.5 Å². The van der Waals surface area contributed by atoms with Gasteiger partial charge in [-0.2, -0.15) is 0 Å². The van der Waals surface area contributed by atoms with Gasteiger partial charge in [-0.1, -0.05) is 0 Å². The molecule has 0 aliphatic heterocycles. The van der Waals surface area contributed by atoms with Gasteiger partial charge in [0.15, 0.2) is 0 Å². The molecule has 0 unspecified atom stereocenters. The molecule has 0 spiro atoms. The number of carbonyl (C=O) groups is 7. The molecular weight excluding hydrogens is 444 g/mol. The van der Waals surface area contributed by atoms with Gasteiger partial charge in [0, 0.05) is 41.5 Å². The van der Waals surface area contributed by atoms with E-state index in [1.54, 1.807) is 6.92 Å². The van der Waals surface area contributed by atoms with Crippen molar-refractivity contribution in [3.63, 3.8) is 0 Å². The van der Waals surface area contributed by atoms with E-state index in [4.69, 9.17) is 64.5 Å². The minimum Gasteiger partial charge on any atom is -0.481 e. The van der Waals surface area contributed by atoms with Crippen LogP contribution in [-0.2, 0) is 38.3 Å². The Balaban J connectivity index is -0.0000000467. The average Bonchev–Trinajstić information content (AvgIpc) is 2.43. The standard InChI is InChI=1S/C5H10O3.6C2H4O2/c1-2-8-5(7)3-4-6;6*1-2(3)4/h6H,2-4H2,1H3;6*1H3,(H,3,4). The van der Waals surface area contributed by atoms with Crippen LogP contribution in [-0.4, -0.2) is 90.7 Å². The van der Waals surface area contributed by atoms with Crippen LogP contribution in [0.25, 0.3) is 0 Å². The number of aliphatic hydroxyl groups is 1. The Morgan fingerprint density at radius 3 is 0.781 bits per heavy atom. The number of carbonyl (C=O) groups excluding carboxylic acids is 1. The molecule has 0 aromatic carbocycles. The van der Waals surface area contributed by atoms with E-state index >= 15 is 0 Å². The van der Waals surface area contributed by atoms with Crippen LogP contribution in [0, 0.1) is 0 Å². The number of aliphatic hydroxyl groups excluding tert-OH is 1. The lowest BCUT2D eigenvalue weighted by Crippen LogP contribution is -2.05. The van der Waals surface area contributed by atoms with Gasteiger partial charge in [0.05, 0.1) is 19.6 Å². The fraction of sp³-hybridized carbons (Fsp3) is 0.588. The summed E-state index contributed by atoms with van der Waals surface area (Å²) in [5.41, 5.74) is 0. The van der Waals surface area contributed by atoms with Gasteiger partial charge in [0.25, 0.3) is 35.8 Å². The number of carboxylic acid groups (broad SMARTS) is 6.